The van der Waals surface area contributed by atoms with Crippen molar-refractivity contribution in [1.82, 2.24) is 0 Å². The summed E-state index contributed by atoms with van der Waals surface area (Å²) in [5, 5.41) is 68.5. The lowest BCUT2D eigenvalue weighted by molar-refractivity contribution is -0.271. The number of rotatable bonds is 4. The highest BCUT2D eigenvalue weighted by Gasteiger charge is 2.48. The number of phenolic OH excluding ortho intramolecular Hbond substituents is 2. The van der Waals surface area contributed by atoms with E-state index in [1.165, 1.54) is 24.3 Å². The number of ether oxygens (including phenoxy) is 2. The minimum Gasteiger partial charge on any atom is -0.508 e. The predicted molar refractivity (Wildman–Crippen MR) is 108 cm³/mol. The maximum absolute atomic E-state index is 12.6. The summed E-state index contributed by atoms with van der Waals surface area (Å²) in [4.78, 5) is 23.9. The number of hydrogen-bond donors (Lipinski definition) is 7. The predicted octanol–water partition coefficient (Wildman–Crippen LogP) is -0.152. The summed E-state index contributed by atoms with van der Waals surface area (Å²) < 4.78 is 16.0. The maximum Gasteiger partial charge on any atom is 0.335 e. The minimum atomic E-state index is -1.92. The monoisotopic (exact) mass is 462 g/mol. The minimum absolute atomic E-state index is 0.0623. The van der Waals surface area contributed by atoms with Crippen molar-refractivity contribution in [1.29, 1.82) is 0 Å². The molecule has 0 spiro atoms. The lowest BCUT2D eigenvalue weighted by Gasteiger charge is -2.38. The first kappa shape index (κ1) is 22.4. The van der Waals surface area contributed by atoms with Crippen LogP contribution in [-0.4, -0.2) is 72.4 Å². The van der Waals surface area contributed by atoms with Gasteiger partial charge in [0.1, 0.15) is 46.5 Å². The molecule has 2 aromatic carbocycles. The first-order chi connectivity index (χ1) is 15.6. The van der Waals surface area contributed by atoms with E-state index in [0.29, 0.717) is 0 Å². The van der Waals surface area contributed by atoms with E-state index in [-0.39, 0.29) is 33.8 Å². The zero-order valence-electron chi connectivity index (χ0n) is 16.5. The molecule has 3 aromatic rings. The summed E-state index contributed by atoms with van der Waals surface area (Å²) in [6, 6.07) is 7.41. The summed E-state index contributed by atoms with van der Waals surface area (Å²) >= 11 is 0. The third kappa shape index (κ3) is 3.91. The average molecular weight is 462 g/mol. The van der Waals surface area contributed by atoms with E-state index in [9.17, 15) is 40.2 Å². The van der Waals surface area contributed by atoms with Crippen LogP contribution < -0.4 is 10.2 Å². The third-order valence-electron chi connectivity index (χ3n) is 5.12. The van der Waals surface area contributed by atoms with Crippen molar-refractivity contribution in [2.75, 3.05) is 0 Å². The number of aliphatic hydroxyl groups is 3. The summed E-state index contributed by atoms with van der Waals surface area (Å²) in [6.45, 7) is 0. The van der Waals surface area contributed by atoms with Crippen LogP contribution in [0.15, 0.2) is 45.6 Å². The Morgan fingerprint density at radius 1 is 0.939 bits per heavy atom. The van der Waals surface area contributed by atoms with E-state index in [0.717, 1.165) is 12.1 Å². The van der Waals surface area contributed by atoms with E-state index in [2.05, 4.69) is 0 Å². The summed E-state index contributed by atoms with van der Waals surface area (Å²) in [5.41, 5.74) is -0.957. The highest BCUT2D eigenvalue weighted by Crippen LogP contribution is 2.36. The molecule has 0 amide bonds. The highest BCUT2D eigenvalue weighted by molar-refractivity contribution is 5.88. The van der Waals surface area contributed by atoms with Gasteiger partial charge < -0.3 is 49.6 Å². The second kappa shape index (κ2) is 8.26. The van der Waals surface area contributed by atoms with E-state index in [1.807, 2.05) is 0 Å². The Kier molecular flexibility index (Phi) is 5.59. The van der Waals surface area contributed by atoms with Gasteiger partial charge in [0.15, 0.2) is 11.9 Å². The van der Waals surface area contributed by atoms with Gasteiger partial charge in [-0.3, -0.25) is 4.79 Å². The number of phenols is 2. The van der Waals surface area contributed by atoms with Crippen LogP contribution in [0.3, 0.4) is 0 Å². The fraction of sp³-hybridized carbons (Fsp3) is 0.238. The van der Waals surface area contributed by atoms with Crippen LogP contribution in [0, 0.1) is 0 Å². The maximum atomic E-state index is 12.6. The Hall–Kier alpha value is -3.84. The topological polar surface area (TPSA) is 207 Å². The number of fused-ring (bicyclic) bond motifs is 1. The molecule has 2 heterocycles. The summed E-state index contributed by atoms with van der Waals surface area (Å²) in [7, 11) is 0. The molecular weight excluding hydrogens is 444 g/mol. The van der Waals surface area contributed by atoms with Gasteiger partial charge in [0.05, 0.1) is 0 Å². The molecule has 0 bridgehead atoms. The van der Waals surface area contributed by atoms with Crippen LogP contribution in [0.4, 0.5) is 0 Å². The van der Waals surface area contributed by atoms with Gasteiger partial charge >= 0.3 is 5.97 Å². The molecule has 12 nitrogen and oxygen atoms in total. The highest BCUT2D eigenvalue weighted by atomic mass is 16.7. The van der Waals surface area contributed by atoms with Crippen LogP contribution in [0.25, 0.3) is 22.3 Å². The van der Waals surface area contributed by atoms with Crippen molar-refractivity contribution in [3.63, 3.8) is 0 Å². The van der Waals surface area contributed by atoms with Crippen molar-refractivity contribution in [3.8, 4) is 34.3 Å². The zero-order chi connectivity index (χ0) is 24.0. The second-order valence-electron chi connectivity index (χ2n) is 7.32. The van der Waals surface area contributed by atoms with Gasteiger partial charge in [-0.25, -0.2) is 4.79 Å². The largest absolute Gasteiger partial charge is 0.508 e. The van der Waals surface area contributed by atoms with Gasteiger partial charge in [-0.05, 0) is 24.3 Å². The number of carboxylic acid groups (broad SMARTS) is 1. The van der Waals surface area contributed by atoms with Gasteiger partial charge in [-0.2, -0.15) is 0 Å². The molecule has 4 rings (SSSR count). The molecule has 0 saturated carbocycles. The zero-order valence-corrected chi connectivity index (χ0v) is 16.5. The molecule has 5 atom stereocenters. The Bertz CT molecular complexity index is 1260. The molecule has 7 N–H and O–H groups in total. The fourth-order valence-electron chi connectivity index (χ4n) is 3.42. The van der Waals surface area contributed by atoms with Crippen LogP contribution in [0.1, 0.15) is 0 Å². The molecule has 33 heavy (non-hydrogen) atoms. The molecule has 1 aliphatic heterocycles. The number of carbonyl (C=O) groups is 1. The molecular formula is C21H18O12. The quantitative estimate of drug-likeness (QED) is 0.270. The van der Waals surface area contributed by atoms with Crippen molar-refractivity contribution in [2.24, 2.45) is 0 Å². The molecule has 1 saturated heterocycles. The fourth-order valence-corrected chi connectivity index (χ4v) is 3.42. The lowest BCUT2D eigenvalue weighted by atomic mass is 9.99. The van der Waals surface area contributed by atoms with Gasteiger partial charge in [-0.15, -0.1) is 0 Å². The molecule has 174 valence electrons. The van der Waals surface area contributed by atoms with Crippen molar-refractivity contribution in [2.45, 2.75) is 30.7 Å². The summed E-state index contributed by atoms with van der Waals surface area (Å²) in [6.07, 6.45) is -9.35. The number of aromatic hydroxyl groups is 3. The van der Waals surface area contributed by atoms with Crippen molar-refractivity contribution in [3.05, 3.63) is 46.6 Å². The van der Waals surface area contributed by atoms with Crippen molar-refractivity contribution < 1.29 is 54.4 Å². The first-order valence-electron chi connectivity index (χ1n) is 9.49. The molecule has 12 heteroatoms. The van der Waals surface area contributed by atoms with E-state index in [1.54, 1.807) is 0 Å². The van der Waals surface area contributed by atoms with Crippen LogP contribution in [-0.2, 0) is 9.53 Å². The Morgan fingerprint density at radius 2 is 1.61 bits per heavy atom. The van der Waals surface area contributed by atoms with Gasteiger partial charge in [0.2, 0.25) is 17.5 Å². The Morgan fingerprint density at radius 3 is 2.24 bits per heavy atom. The molecule has 0 aliphatic carbocycles. The van der Waals surface area contributed by atoms with Gasteiger partial charge in [0, 0.05) is 17.7 Å². The van der Waals surface area contributed by atoms with Crippen LogP contribution in [0.2, 0.25) is 0 Å². The average Bonchev–Trinajstić information content (AvgIpc) is 2.76. The number of aliphatic carboxylic acids is 1. The normalized spacial score (nSPS) is 25.1. The SMILES string of the molecule is O=C(O)[C@@H]1O[C@@H](Oc2cc(O)c3c(=O)c(O)c(-c4ccc(O)cc4)oc3c2)[C@H](O)[C@@H](O)[C@@H]1O. The Labute approximate surface area is 183 Å². The molecule has 0 radical (unpaired) electrons. The number of carboxylic acids is 1. The van der Waals surface area contributed by atoms with E-state index in [4.69, 9.17) is 19.0 Å². The first-order valence-corrected chi connectivity index (χ1v) is 9.49. The second-order valence-corrected chi connectivity index (χ2v) is 7.32. The number of benzene rings is 2. The Balaban J connectivity index is 1.75. The molecule has 1 aromatic heterocycles. The van der Waals surface area contributed by atoms with Gasteiger partial charge in [-0.1, -0.05) is 0 Å². The summed E-state index contributed by atoms with van der Waals surface area (Å²) in [5.74, 6) is -3.63. The standard InChI is InChI=1S/C21H18O12/c22-8-3-1-7(2-4-8)18-15(26)13(24)12-10(23)5-9(6-11(12)32-18)31-21-17(28)14(25)16(27)19(33-21)20(29)30/h1-6,14,16-17,19,21-23,25-28H,(H,29,30)/t14-,16-,17+,19+,21+/m0/s1. The lowest BCUT2D eigenvalue weighted by Crippen LogP contribution is -2.61. The van der Waals surface area contributed by atoms with Crippen molar-refractivity contribution >= 4 is 16.9 Å². The number of aliphatic hydroxyl groups excluding tert-OH is 3. The van der Waals surface area contributed by atoms with Crippen LogP contribution in [0.5, 0.6) is 23.0 Å². The van der Waals surface area contributed by atoms with E-state index < -0.39 is 53.6 Å². The number of hydrogen-bond acceptors (Lipinski definition) is 11. The molecule has 1 fully saturated rings. The molecule has 0 unspecified atom stereocenters. The smallest absolute Gasteiger partial charge is 0.335 e. The van der Waals surface area contributed by atoms with Crippen LogP contribution >= 0.6 is 0 Å². The molecule has 1 aliphatic rings. The van der Waals surface area contributed by atoms with E-state index >= 15 is 0 Å². The van der Waals surface area contributed by atoms with Gasteiger partial charge in [0.25, 0.3) is 0 Å². The third-order valence-corrected chi connectivity index (χ3v) is 5.12.